The van der Waals surface area contributed by atoms with Gasteiger partial charge in [0.15, 0.2) is 0 Å². The van der Waals surface area contributed by atoms with Gasteiger partial charge in [0.2, 0.25) is 0 Å². The summed E-state index contributed by atoms with van der Waals surface area (Å²) in [5.74, 6) is -0.441. The lowest BCUT2D eigenvalue weighted by atomic mass is 10.1. The molecule has 0 spiro atoms. The molecule has 82 valence electrons. The second-order valence-corrected chi connectivity index (χ2v) is 3.28. The Balaban J connectivity index is 2.82. The largest absolute Gasteiger partial charge is 0.330 e. The van der Waals surface area contributed by atoms with Crippen molar-refractivity contribution in [2.45, 2.75) is 19.3 Å². The van der Waals surface area contributed by atoms with Crippen LogP contribution in [-0.2, 0) is 6.42 Å². The highest BCUT2D eigenvalue weighted by molar-refractivity contribution is 5.40. The third kappa shape index (κ3) is 3.28. The summed E-state index contributed by atoms with van der Waals surface area (Å²) < 4.78 is 12.9. The van der Waals surface area contributed by atoms with Gasteiger partial charge in [-0.3, -0.25) is 10.1 Å². The molecule has 15 heavy (non-hydrogen) atoms. The van der Waals surface area contributed by atoms with Gasteiger partial charge in [-0.15, -0.1) is 0 Å². The van der Waals surface area contributed by atoms with Gasteiger partial charge in [-0.05, 0) is 37.9 Å². The molecule has 1 aromatic carbocycles. The second kappa shape index (κ2) is 5.41. The highest BCUT2D eigenvalue weighted by Crippen LogP contribution is 2.21. The molecular weight excluding hydrogens is 199 g/mol. The zero-order valence-corrected chi connectivity index (χ0v) is 8.28. The average Bonchev–Trinajstić information content (AvgIpc) is 2.18. The van der Waals surface area contributed by atoms with Gasteiger partial charge < -0.3 is 5.73 Å². The van der Waals surface area contributed by atoms with E-state index in [1.807, 2.05) is 0 Å². The van der Waals surface area contributed by atoms with E-state index in [2.05, 4.69) is 0 Å². The number of rotatable bonds is 5. The summed E-state index contributed by atoms with van der Waals surface area (Å²) >= 11 is 0. The Morgan fingerprint density at radius 1 is 1.40 bits per heavy atom. The van der Waals surface area contributed by atoms with Crippen molar-refractivity contribution in [3.05, 3.63) is 39.7 Å². The van der Waals surface area contributed by atoms with Crippen molar-refractivity contribution in [2.75, 3.05) is 6.54 Å². The predicted molar refractivity (Wildman–Crippen MR) is 55.0 cm³/mol. The highest BCUT2D eigenvalue weighted by Gasteiger charge is 2.13. The van der Waals surface area contributed by atoms with E-state index >= 15 is 0 Å². The lowest BCUT2D eigenvalue weighted by molar-refractivity contribution is -0.385. The second-order valence-electron chi connectivity index (χ2n) is 3.28. The average molecular weight is 212 g/mol. The summed E-state index contributed by atoms with van der Waals surface area (Å²) in [4.78, 5) is 10.1. The van der Waals surface area contributed by atoms with Crippen molar-refractivity contribution < 1.29 is 9.31 Å². The molecule has 0 saturated heterocycles. The third-order valence-electron chi connectivity index (χ3n) is 2.14. The predicted octanol–water partition coefficient (Wildman–Crippen LogP) is 2.02. The fourth-order valence-electron chi connectivity index (χ4n) is 1.39. The summed E-state index contributed by atoms with van der Waals surface area (Å²) in [6.45, 7) is 0.545. The van der Waals surface area contributed by atoms with Crippen LogP contribution in [0.3, 0.4) is 0 Å². The monoisotopic (exact) mass is 212 g/mol. The minimum atomic E-state index is -0.489. The molecule has 0 saturated carbocycles. The zero-order valence-electron chi connectivity index (χ0n) is 8.28. The van der Waals surface area contributed by atoms with Gasteiger partial charge in [-0.1, -0.05) is 0 Å². The number of unbranched alkanes of at least 4 members (excludes halogenated alkanes) is 1. The van der Waals surface area contributed by atoms with Crippen LogP contribution in [0.15, 0.2) is 18.2 Å². The van der Waals surface area contributed by atoms with Crippen LogP contribution in [0.2, 0.25) is 0 Å². The smallest absolute Gasteiger partial charge is 0.272 e. The molecule has 0 aliphatic rings. The van der Waals surface area contributed by atoms with Crippen molar-refractivity contribution in [1.29, 1.82) is 0 Å². The SMILES string of the molecule is NCCCCc1cc(F)ccc1[N+](=O)[O-]. The molecule has 1 rings (SSSR count). The van der Waals surface area contributed by atoms with E-state index in [0.717, 1.165) is 18.9 Å². The summed E-state index contributed by atoms with van der Waals surface area (Å²) in [5, 5.41) is 10.6. The third-order valence-corrected chi connectivity index (χ3v) is 2.14. The van der Waals surface area contributed by atoms with E-state index in [1.54, 1.807) is 0 Å². The minimum absolute atomic E-state index is 0.0200. The Morgan fingerprint density at radius 3 is 2.73 bits per heavy atom. The van der Waals surface area contributed by atoms with Crippen LogP contribution in [0.1, 0.15) is 18.4 Å². The Kier molecular flexibility index (Phi) is 4.17. The van der Waals surface area contributed by atoms with E-state index in [-0.39, 0.29) is 5.69 Å². The van der Waals surface area contributed by atoms with Crippen LogP contribution in [-0.4, -0.2) is 11.5 Å². The van der Waals surface area contributed by atoms with Gasteiger partial charge in [0.1, 0.15) is 5.82 Å². The number of nitro groups is 1. The number of hydrogen-bond acceptors (Lipinski definition) is 3. The van der Waals surface area contributed by atoms with E-state index in [9.17, 15) is 14.5 Å². The van der Waals surface area contributed by atoms with Crippen LogP contribution in [0.25, 0.3) is 0 Å². The fraction of sp³-hybridized carbons (Fsp3) is 0.400. The molecule has 0 heterocycles. The summed E-state index contributed by atoms with van der Waals surface area (Å²) in [6.07, 6.45) is 2.01. The van der Waals surface area contributed by atoms with Crippen LogP contribution < -0.4 is 5.73 Å². The first-order valence-corrected chi connectivity index (χ1v) is 4.78. The Hall–Kier alpha value is -1.49. The molecule has 0 aromatic heterocycles. The maximum absolute atomic E-state index is 12.9. The first-order valence-electron chi connectivity index (χ1n) is 4.78. The molecular formula is C10H13FN2O2. The molecule has 0 atom stereocenters. The number of halogens is 1. The molecule has 0 aliphatic carbocycles. The van der Waals surface area contributed by atoms with Gasteiger partial charge in [-0.25, -0.2) is 4.39 Å². The molecule has 0 unspecified atom stereocenters. The summed E-state index contributed by atoms with van der Waals surface area (Å²) in [5.41, 5.74) is 5.73. The quantitative estimate of drug-likeness (QED) is 0.461. The normalized spacial score (nSPS) is 10.3. The Bertz CT molecular complexity index is 355. The maximum atomic E-state index is 12.9. The number of nitro benzene ring substituents is 1. The van der Waals surface area contributed by atoms with Gasteiger partial charge in [0.05, 0.1) is 4.92 Å². The molecule has 2 N–H and O–H groups in total. The van der Waals surface area contributed by atoms with Gasteiger partial charge >= 0.3 is 0 Å². The summed E-state index contributed by atoms with van der Waals surface area (Å²) in [7, 11) is 0. The van der Waals surface area contributed by atoms with E-state index < -0.39 is 10.7 Å². The molecule has 1 aromatic rings. The molecule has 0 amide bonds. The van der Waals surface area contributed by atoms with E-state index in [0.29, 0.717) is 18.5 Å². The van der Waals surface area contributed by atoms with Crippen molar-refractivity contribution in [3.8, 4) is 0 Å². The molecule has 0 bridgehead atoms. The number of nitrogens with two attached hydrogens (primary N) is 1. The van der Waals surface area contributed by atoms with Crippen molar-refractivity contribution in [3.63, 3.8) is 0 Å². The van der Waals surface area contributed by atoms with Crippen LogP contribution in [0.4, 0.5) is 10.1 Å². The lowest BCUT2D eigenvalue weighted by Gasteiger charge is -2.02. The number of aryl methyl sites for hydroxylation is 1. The van der Waals surface area contributed by atoms with E-state index in [4.69, 9.17) is 5.73 Å². The summed E-state index contributed by atoms with van der Waals surface area (Å²) in [6, 6.07) is 3.52. The van der Waals surface area contributed by atoms with Gasteiger partial charge in [0, 0.05) is 11.6 Å². The van der Waals surface area contributed by atoms with Crippen LogP contribution in [0, 0.1) is 15.9 Å². The fourth-order valence-corrected chi connectivity index (χ4v) is 1.39. The minimum Gasteiger partial charge on any atom is -0.330 e. The Morgan fingerprint density at radius 2 is 2.13 bits per heavy atom. The van der Waals surface area contributed by atoms with Crippen LogP contribution >= 0.6 is 0 Å². The van der Waals surface area contributed by atoms with Gasteiger partial charge in [-0.2, -0.15) is 0 Å². The standard InChI is InChI=1S/C10H13FN2O2/c11-9-4-5-10(13(14)15)8(7-9)3-1-2-6-12/h4-5,7H,1-3,6,12H2. The number of nitrogens with zero attached hydrogens (tertiary/aromatic N) is 1. The van der Waals surface area contributed by atoms with Crippen molar-refractivity contribution >= 4 is 5.69 Å². The lowest BCUT2D eigenvalue weighted by Crippen LogP contribution is -2.01. The van der Waals surface area contributed by atoms with Crippen molar-refractivity contribution in [1.82, 2.24) is 0 Å². The first kappa shape index (κ1) is 11.6. The van der Waals surface area contributed by atoms with Crippen molar-refractivity contribution in [2.24, 2.45) is 5.73 Å². The molecule has 0 fully saturated rings. The van der Waals surface area contributed by atoms with Crippen LogP contribution in [0.5, 0.6) is 0 Å². The molecule has 0 aliphatic heterocycles. The molecule has 0 radical (unpaired) electrons. The molecule has 5 heteroatoms. The maximum Gasteiger partial charge on any atom is 0.272 e. The molecule has 4 nitrogen and oxygen atoms in total. The van der Waals surface area contributed by atoms with E-state index in [1.165, 1.54) is 12.1 Å². The number of benzene rings is 1. The topological polar surface area (TPSA) is 69.2 Å². The highest BCUT2D eigenvalue weighted by atomic mass is 19.1. The zero-order chi connectivity index (χ0) is 11.3. The Labute approximate surface area is 87.0 Å². The first-order chi connectivity index (χ1) is 7.15. The van der Waals surface area contributed by atoms with Gasteiger partial charge in [0.25, 0.3) is 5.69 Å². The number of hydrogen-bond donors (Lipinski definition) is 1.